The van der Waals surface area contributed by atoms with E-state index in [-0.39, 0.29) is 17.7 Å². The van der Waals surface area contributed by atoms with Gasteiger partial charge in [0.2, 0.25) is 5.91 Å². The SMILES string of the molecule is CCN1c2ncccc2C(=O)NC12CCN(C(=O)[C@@H](C)Cn1nc(C)cc1C)CC2. The van der Waals surface area contributed by atoms with Gasteiger partial charge in [0.05, 0.1) is 23.7 Å². The van der Waals surface area contributed by atoms with Crippen molar-refractivity contribution in [1.29, 1.82) is 0 Å². The van der Waals surface area contributed by atoms with Crippen molar-refractivity contribution in [3.63, 3.8) is 0 Å². The number of carbonyl (C=O) groups is 2. The molecule has 4 heterocycles. The van der Waals surface area contributed by atoms with E-state index >= 15 is 0 Å². The van der Waals surface area contributed by atoms with Crippen molar-refractivity contribution < 1.29 is 9.59 Å². The summed E-state index contributed by atoms with van der Waals surface area (Å²) in [4.78, 5) is 34.4. The lowest BCUT2D eigenvalue weighted by Gasteiger charge is -2.52. The van der Waals surface area contributed by atoms with Crippen LogP contribution in [0.15, 0.2) is 24.4 Å². The first-order valence-corrected chi connectivity index (χ1v) is 10.7. The number of nitrogens with one attached hydrogen (secondary N) is 1. The average molecular weight is 411 g/mol. The van der Waals surface area contributed by atoms with E-state index in [2.05, 4.69) is 27.2 Å². The molecule has 1 spiro atoms. The predicted molar refractivity (Wildman–Crippen MR) is 114 cm³/mol. The van der Waals surface area contributed by atoms with Crippen molar-refractivity contribution in [2.24, 2.45) is 5.92 Å². The number of hydrogen-bond donors (Lipinski definition) is 1. The van der Waals surface area contributed by atoms with Crippen LogP contribution in [0.4, 0.5) is 5.82 Å². The third-order valence-corrected chi connectivity index (χ3v) is 6.34. The minimum atomic E-state index is -0.483. The highest BCUT2D eigenvalue weighted by atomic mass is 16.2. The first-order valence-electron chi connectivity index (χ1n) is 10.7. The maximum absolute atomic E-state index is 13.1. The summed E-state index contributed by atoms with van der Waals surface area (Å²) in [5, 5.41) is 7.70. The Morgan fingerprint density at radius 2 is 2.03 bits per heavy atom. The van der Waals surface area contributed by atoms with Gasteiger partial charge in [0.1, 0.15) is 11.5 Å². The number of amides is 2. The van der Waals surface area contributed by atoms with E-state index in [1.165, 1.54) is 0 Å². The molecule has 0 aliphatic carbocycles. The van der Waals surface area contributed by atoms with Gasteiger partial charge in [-0.1, -0.05) is 6.92 Å². The minimum Gasteiger partial charge on any atom is -0.342 e. The Morgan fingerprint density at radius 3 is 2.67 bits per heavy atom. The highest BCUT2D eigenvalue weighted by molar-refractivity contribution is 6.01. The normalized spacial score (nSPS) is 18.9. The first kappa shape index (κ1) is 20.4. The van der Waals surface area contributed by atoms with Crippen LogP contribution in [0.5, 0.6) is 0 Å². The summed E-state index contributed by atoms with van der Waals surface area (Å²) in [6.45, 7) is 10.6. The molecule has 8 heteroatoms. The Labute approximate surface area is 177 Å². The molecule has 2 aliphatic rings. The third kappa shape index (κ3) is 3.44. The van der Waals surface area contributed by atoms with Crippen LogP contribution in [0.3, 0.4) is 0 Å². The fourth-order valence-electron chi connectivity index (χ4n) is 4.79. The molecule has 1 fully saturated rings. The van der Waals surface area contributed by atoms with Crippen LogP contribution in [0.25, 0.3) is 0 Å². The smallest absolute Gasteiger partial charge is 0.256 e. The fourth-order valence-corrected chi connectivity index (χ4v) is 4.79. The number of rotatable bonds is 4. The van der Waals surface area contributed by atoms with E-state index in [0.717, 1.165) is 23.8 Å². The number of carbonyl (C=O) groups excluding carboxylic acids is 2. The number of likely N-dealkylation sites (tertiary alicyclic amines) is 1. The van der Waals surface area contributed by atoms with E-state index in [4.69, 9.17) is 0 Å². The summed E-state index contributed by atoms with van der Waals surface area (Å²) in [6.07, 6.45) is 3.09. The van der Waals surface area contributed by atoms with Crippen molar-refractivity contribution in [3.8, 4) is 0 Å². The first-order chi connectivity index (χ1) is 14.3. The quantitative estimate of drug-likeness (QED) is 0.835. The molecule has 2 aromatic rings. The second-order valence-electron chi connectivity index (χ2n) is 8.44. The van der Waals surface area contributed by atoms with Gasteiger partial charge in [-0.25, -0.2) is 4.98 Å². The summed E-state index contributed by atoms with van der Waals surface area (Å²) in [6, 6.07) is 5.63. The second kappa shape index (κ2) is 7.74. The molecule has 30 heavy (non-hydrogen) atoms. The van der Waals surface area contributed by atoms with Crippen LogP contribution in [-0.4, -0.2) is 56.8 Å². The van der Waals surface area contributed by atoms with E-state index in [1.54, 1.807) is 12.3 Å². The third-order valence-electron chi connectivity index (χ3n) is 6.34. The van der Waals surface area contributed by atoms with E-state index in [0.29, 0.717) is 38.0 Å². The molecule has 8 nitrogen and oxygen atoms in total. The van der Waals surface area contributed by atoms with Gasteiger partial charge in [-0.2, -0.15) is 5.10 Å². The lowest BCUT2D eigenvalue weighted by atomic mass is 9.90. The molecule has 160 valence electrons. The number of nitrogens with zero attached hydrogens (tertiary/aromatic N) is 5. The summed E-state index contributed by atoms with van der Waals surface area (Å²) in [5.74, 6) is 0.644. The van der Waals surface area contributed by atoms with Crippen molar-refractivity contribution >= 4 is 17.6 Å². The Bertz CT molecular complexity index is 960. The number of anilines is 1. The summed E-state index contributed by atoms with van der Waals surface area (Å²) < 4.78 is 1.91. The van der Waals surface area contributed by atoms with Crippen LogP contribution in [0, 0.1) is 19.8 Å². The monoisotopic (exact) mass is 410 g/mol. The zero-order chi connectivity index (χ0) is 21.5. The fraction of sp³-hybridized carbons (Fsp3) is 0.545. The molecule has 4 rings (SSSR count). The Morgan fingerprint density at radius 1 is 1.30 bits per heavy atom. The van der Waals surface area contributed by atoms with Crippen LogP contribution >= 0.6 is 0 Å². The van der Waals surface area contributed by atoms with Crippen LogP contribution < -0.4 is 10.2 Å². The Hall–Kier alpha value is -2.90. The highest BCUT2D eigenvalue weighted by Crippen LogP contribution is 2.36. The average Bonchev–Trinajstić information content (AvgIpc) is 3.05. The zero-order valence-electron chi connectivity index (χ0n) is 18.2. The topological polar surface area (TPSA) is 83.4 Å². The number of pyridine rings is 1. The maximum Gasteiger partial charge on any atom is 0.256 e. The molecule has 1 atom stereocenters. The van der Waals surface area contributed by atoms with Gasteiger partial charge in [-0.05, 0) is 39.0 Å². The van der Waals surface area contributed by atoms with Gasteiger partial charge in [0.15, 0.2) is 0 Å². The Kier molecular flexibility index (Phi) is 5.26. The summed E-state index contributed by atoms with van der Waals surface area (Å²) in [5.41, 5.74) is 2.16. The van der Waals surface area contributed by atoms with Gasteiger partial charge in [0, 0.05) is 44.4 Å². The van der Waals surface area contributed by atoms with E-state index in [9.17, 15) is 9.59 Å². The highest BCUT2D eigenvalue weighted by Gasteiger charge is 2.46. The minimum absolute atomic E-state index is 0.0829. The Balaban J connectivity index is 1.46. The number of hydrogen-bond acceptors (Lipinski definition) is 5. The van der Waals surface area contributed by atoms with Gasteiger partial charge in [0.25, 0.3) is 5.91 Å². The van der Waals surface area contributed by atoms with Crippen molar-refractivity contribution in [1.82, 2.24) is 25.0 Å². The van der Waals surface area contributed by atoms with Crippen LogP contribution in [0.1, 0.15) is 48.4 Å². The van der Waals surface area contributed by atoms with Gasteiger partial charge in [-0.3, -0.25) is 14.3 Å². The molecule has 0 saturated carbocycles. The molecule has 0 unspecified atom stereocenters. The molecule has 0 bridgehead atoms. The molecule has 2 aliphatic heterocycles. The second-order valence-corrected chi connectivity index (χ2v) is 8.44. The van der Waals surface area contributed by atoms with Gasteiger partial charge in [-0.15, -0.1) is 0 Å². The lowest BCUT2D eigenvalue weighted by molar-refractivity contribution is -0.137. The zero-order valence-corrected chi connectivity index (χ0v) is 18.2. The van der Waals surface area contributed by atoms with Crippen molar-refractivity contribution in [3.05, 3.63) is 41.3 Å². The van der Waals surface area contributed by atoms with E-state index in [1.807, 2.05) is 42.5 Å². The largest absolute Gasteiger partial charge is 0.342 e. The van der Waals surface area contributed by atoms with Crippen molar-refractivity contribution in [2.75, 3.05) is 24.5 Å². The number of fused-ring (bicyclic) bond motifs is 1. The molecular weight excluding hydrogens is 380 g/mol. The number of piperidine rings is 1. The molecule has 2 aromatic heterocycles. The number of aryl methyl sites for hydroxylation is 2. The van der Waals surface area contributed by atoms with E-state index < -0.39 is 5.66 Å². The molecular formula is C22H30N6O2. The van der Waals surface area contributed by atoms with Crippen LogP contribution in [-0.2, 0) is 11.3 Å². The summed E-state index contributed by atoms with van der Waals surface area (Å²) in [7, 11) is 0. The predicted octanol–water partition coefficient (Wildman–Crippen LogP) is 2.12. The lowest BCUT2D eigenvalue weighted by Crippen LogP contribution is -2.68. The van der Waals surface area contributed by atoms with Gasteiger partial charge < -0.3 is 15.1 Å². The molecule has 0 radical (unpaired) electrons. The number of aromatic nitrogens is 3. The molecule has 2 amide bonds. The molecule has 0 aromatic carbocycles. The standard InChI is InChI=1S/C22H30N6O2/c1-5-27-19-18(7-6-10-23-19)20(29)24-22(27)8-11-26(12-9-22)21(30)15(2)14-28-17(4)13-16(3)25-28/h6-7,10,13,15H,5,8-9,11-12,14H2,1-4H3,(H,24,29)/t15-/m0/s1. The van der Waals surface area contributed by atoms with Crippen LogP contribution in [0.2, 0.25) is 0 Å². The maximum atomic E-state index is 13.1. The molecule has 1 saturated heterocycles. The van der Waals surface area contributed by atoms with Crippen molar-refractivity contribution in [2.45, 2.75) is 52.7 Å². The summed E-state index contributed by atoms with van der Waals surface area (Å²) >= 11 is 0. The van der Waals surface area contributed by atoms with Gasteiger partial charge >= 0.3 is 0 Å². The molecule has 1 N–H and O–H groups in total.